The molecule has 0 aliphatic heterocycles. The van der Waals surface area contributed by atoms with Gasteiger partial charge in [0.15, 0.2) is 0 Å². The highest BCUT2D eigenvalue weighted by Gasteiger charge is 2.05. The van der Waals surface area contributed by atoms with Gasteiger partial charge in [0.1, 0.15) is 0 Å². The van der Waals surface area contributed by atoms with Crippen molar-refractivity contribution in [3.05, 3.63) is 35.5 Å². The average molecular weight is 203 g/mol. The fraction of sp³-hybridized carbons (Fsp3) is 0.385. The molecule has 1 aromatic carbocycles. The maximum absolute atomic E-state index is 8.85. The van der Waals surface area contributed by atoms with E-state index >= 15 is 0 Å². The molecule has 2 heteroatoms. The molecule has 2 aromatic rings. The highest BCUT2D eigenvalue weighted by atomic mass is 16.2. The van der Waals surface area contributed by atoms with Gasteiger partial charge in [0.2, 0.25) is 0 Å². The van der Waals surface area contributed by atoms with Crippen LogP contribution in [0, 0.1) is 6.92 Å². The number of rotatable bonds is 3. The van der Waals surface area contributed by atoms with Gasteiger partial charge in [0, 0.05) is 30.8 Å². The summed E-state index contributed by atoms with van der Waals surface area (Å²) in [5.41, 5.74) is 3.90. The van der Waals surface area contributed by atoms with Crippen molar-refractivity contribution in [1.29, 1.82) is 0 Å². The van der Waals surface area contributed by atoms with Crippen LogP contribution in [0.5, 0.6) is 0 Å². The molecule has 1 heterocycles. The standard InChI is InChI=1S/C13H17NO/c1-10-5-6-13-12(8-10)11(4-3-7-15)9-14(13)2/h5-6,8-9,15H,3-4,7H2,1-2H3. The molecule has 0 amide bonds. The molecular formula is C13H17NO. The average Bonchev–Trinajstić information content (AvgIpc) is 2.52. The molecule has 0 spiro atoms. The molecule has 0 aliphatic rings. The van der Waals surface area contributed by atoms with E-state index in [0.717, 1.165) is 12.8 Å². The first-order valence-electron chi connectivity index (χ1n) is 5.38. The Balaban J connectivity index is 2.49. The van der Waals surface area contributed by atoms with Gasteiger partial charge in [-0.25, -0.2) is 0 Å². The number of hydrogen-bond donors (Lipinski definition) is 1. The number of fused-ring (bicyclic) bond motifs is 1. The van der Waals surface area contributed by atoms with E-state index in [0.29, 0.717) is 0 Å². The Kier molecular flexibility index (Phi) is 2.78. The zero-order valence-electron chi connectivity index (χ0n) is 9.33. The highest BCUT2D eigenvalue weighted by Crippen LogP contribution is 2.22. The molecule has 0 saturated heterocycles. The smallest absolute Gasteiger partial charge is 0.0480 e. The summed E-state index contributed by atoms with van der Waals surface area (Å²) in [6.45, 7) is 2.38. The molecule has 80 valence electrons. The van der Waals surface area contributed by atoms with Gasteiger partial charge in [-0.1, -0.05) is 11.6 Å². The fourth-order valence-electron chi connectivity index (χ4n) is 2.06. The van der Waals surface area contributed by atoms with Crippen molar-refractivity contribution < 1.29 is 5.11 Å². The molecule has 1 aromatic heterocycles. The van der Waals surface area contributed by atoms with Crippen LogP contribution in [0.2, 0.25) is 0 Å². The first-order chi connectivity index (χ1) is 7.22. The van der Waals surface area contributed by atoms with Gasteiger partial charge in [-0.15, -0.1) is 0 Å². The highest BCUT2D eigenvalue weighted by molar-refractivity contribution is 5.84. The molecule has 0 fully saturated rings. The molecule has 0 atom stereocenters. The minimum atomic E-state index is 0.266. The zero-order valence-corrected chi connectivity index (χ0v) is 9.33. The molecular weight excluding hydrogens is 186 g/mol. The normalized spacial score (nSPS) is 11.1. The van der Waals surface area contributed by atoms with Gasteiger partial charge in [-0.05, 0) is 37.5 Å². The van der Waals surface area contributed by atoms with Crippen molar-refractivity contribution in [2.45, 2.75) is 19.8 Å². The minimum absolute atomic E-state index is 0.266. The molecule has 0 radical (unpaired) electrons. The first kappa shape index (κ1) is 10.2. The molecule has 0 unspecified atom stereocenters. The Hall–Kier alpha value is -1.28. The third kappa shape index (κ3) is 1.90. The monoisotopic (exact) mass is 203 g/mol. The lowest BCUT2D eigenvalue weighted by Gasteiger charge is -1.98. The topological polar surface area (TPSA) is 25.2 Å². The van der Waals surface area contributed by atoms with E-state index in [4.69, 9.17) is 5.11 Å². The lowest BCUT2D eigenvalue weighted by atomic mass is 10.1. The van der Waals surface area contributed by atoms with Gasteiger partial charge >= 0.3 is 0 Å². The summed E-state index contributed by atoms with van der Waals surface area (Å²) in [6, 6.07) is 6.52. The third-order valence-corrected chi connectivity index (χ3v) is 2.83. The number of nitrogens with zero attached hydrogens (tertiary/aromatic N) is 1. The van der Waals surface area contributed by atoms with E-state index in [1.165, 1.54) is 22.0 Å². The molecule has 2 rings (SSSR count). The van der Waals surface area contributed by atoms with E-state index in [1.807, 2.05) is 0 Å². The number of aliphatic hydroxyl groups is 1. The van der Waals surface area contributed by atoms with Gasteiger partial charge in [0.05, 0.1) is 0 Å². The number of benzene rings is 1. The Bertz CT molecular complexity index is 471. The van der Waals surface area contributed by atoms with Crippen LogP contribution < -0.4 is 0 Å². The summed E-state index contributed by atoms with van der Waals surface area (Å²) in [6.07, 6.45) is 3.96. The van der Waals surface area contributed by atoms with Crippen LogP contribution in [0.15, 0.2) is 24.4 Å². The Morgan fingerprint density at radius 3 is 2.87 bits per heavy atom. The van der Waals surface area contributed by atoms with Gasteiger partial charge < -0.3 is 9.67 Å². The SMILES string of the molecule is Cc1ccc2c(c1)c(CCCO)cn2C. The van der Waals surface area contributed by atoms with E-state index in [9.17, 15) is 0 Å². The molecule has 0 bridgehead atoms. The fourth-order valence-corrected chi connectivity index (χ4v) is 2.06. The summed E-state index contributed by atoms with van der Waals surface area (Å²) >= 11 is 0. The summed E-state index contributed by atoms with van der Waals surface area (Å²) in [7, 11) is 2.07. The van der Waals surface area contributed by atoms with Crippen LogP contribution in [0.25, 0.3) is 10.9 Å². The lowest BCUT2D eigenvalue weighted by molar-refractivity contribution is 0.288. The van der Waals surface area contributed by atoms with Crippen molar-refractivity contribution in [3.8, 4) is 0 Å². The van der Waals surface area contributed by atoms with E-state index < -0.39 is 0 Å². The van der Waals surface area contributed by atoms with Crippen molar-refractivity contribution in [2.24, 2.45) is 7.05 Å². The predicted molar refractivity (Wildman–Crippen MR) is 63.1 cm³/mol. The van der Waals surface area contributed by atoms with Crippen molar-refractivity contribution >= 4 is 10.9 Å². The van der Waals surface area contributed by atoms with Gasteiger partial charge in [-0.2, -0.15) is 0 Å². The summed E-state index contributed by atoms with van der Waals surface area (Å²) < 4.78 is 2.15. The van der Waals surface area contributed by atoms with Crippen LogP contribution in [-0.4, -0.2) is 16.3 Å². The number of aryl methyl sites for hydroxylation is 3. The van der Waals surface area contributed by atoms with E-state index in [1.54, 1.807) is 0 Å². The Morgan fingerprint density at radius 2 is 2.13 bits per heavy atom. The van der Waals surface area contributed by atoms with E-state index in [2.05, 4.69) is 42.9 Å². The molecule has 2 nitrogen and oxygen atoms in total. The second kappa shape index (κ2) is 4.07. The summed E-state index contributed by atoms with van der Waals surface area (Å²) in [4.78, 5) is 0. The Labute approximate surface area is 90.2 Å². The molecule has 0 aliphatic carbocycles. The largest absolute Gasteiger partial charge is 0.396 e. The summed E-state index contributed by atoms with van der Waals surface area (Å²) in [5, 5.41) is 10.2. The Morgan fingerprint density at radius 1 is 1.33 bits per heavy atom. The maximum Gasteiger partial charge on any atom is 0.0480 e. The second-order valence-corrected chi connectivity index (χ2v) is 4.11. The van der Waals surface area contributed by atoms with Crippen molar-refractivity contribution in [1.82, 2.24) is 4.57 Å². The molecule has 1 N–H and O–H groups in total. The zero-order chi connectivity index (χ0) is 10.8. The minimum Gasteiger partial charge on any atom is -0.396 e. The van der Waals surface area contributed by atoms with E-state index in [-0.39, 0.29) is 6.61 Å². The number of aliphatic hydroxyl groups excluding tert-OH is 1. The predicted octanol–water partition coefficient (Wildman–Crippen LogP) is 2.41. The third-order valence-electron chi connectivity index (χ3n) is 2.83. The van der Waals surface area contributed by atoms with Crippen LogP contribution >= 0.6 is 0 Å². The molecule has 15 heavy (non-hydrogen) atoms. The van der Waals surface area contributed by atoms with Gasteiger partial charge in [-0.3, -0.25) is 0 Å². The van der Waals surface area contributed by atoms with Gasteiger partial charge in [0.25, 0.3) is 0 Å². The quantitative estimate of drug-likeness (QED) is 0.814. The summed E-state index contributed by atoms with van der Waals surface area (Å²) in [5.74, 6) is 0. The molecule has 0 saturated carbocycles. The second-order valence-electron chi connectivity index (χ2n) is 4.11. The lowest BCUT2D eigenvalue weighted by Crippen LogP contribution is -1.88. The maximum atomic E-state index is 8.85. The van der Waals surface area contributed by atoms with Crippen LogP contribution in [-0.2, 0) is 13.5 Å². The van der Waals surface area contributed by atoms with Crippen molar-refractivity contribution in [2.75, 3.05) is 6.61 Å². The number of hydrogen-bond acceptors (Lipinski definition) is 1. The number of aromatic nitrogens is 1. The first-order valence-corrected chi connectivity index (χ1v) is 5.38. The van der Waals surface area contributed by atoms with Crippen LogP contribution in [0.4, 0.5) is 0 Å². The van der Waals surface area contributed by atoms with Crippen LogP contribution in [0.1, 0.15) is 17.5 Å². The van der Waals surface area contributed by atoms with Crippen LogP contribution in [0.3, 0.4) is 0 Å². The van der Waals surface area contributed by atoms with Crippen molar-refractivity contribution in [3.63, 3.8) is 0 Å².